The summed E-state index contributed by atoms with van der Waals surface area (Å²) < 4.78 is 104. The van der Waals surface area contributed by atoms with Crippen molar-refractivity contribution in [1.82, 2.24) is 0 Å². The molecule has 0 radical (unpaired) electrons. The van der Waals surface area contributed by atoms with Gasteiger partial charge in [-0.25, -0.2) is 9.59 Å². The average molecular weight is 725 g/mol. The van der Waals surface area contributed by atoms with Crippen molar-refractivity contribution in [2.75, 3.05) is 0 Å². The fourth-order valence-electron chi connectivity index (χ4n) is 13.1. The van der Waals surface area contributed by atoms with Gasteiger partial charge in [0.2, 0.25) is 0 Å². The van der Waals surface area contributed by atoms with Crippen LogP contribution in [0.3, 0.4) is 0 Å². The SMILES string of the molecule is CC(=O)OC(C1C[C@@H](C)[C@H]2C(O1)[C@H](OC(=O)C(F)(F)F)[C@@]1(C)C3CC[C@H]4C(C)(C)C(OC(=O)C(F)(F)F)CCC45CC35CCC21C)C(C)(C)O. The maximum Gasteiger partial charge on any atom is 0.490 e. The summed E-state index contributed by atoms with van der Waals surface area (Å²) in [6.07, 6.45) is -11.3. The number of hydrogen-bond donors (Lipinski definition) is 1. The zero-order chi connectivity index (χ0) is 37.4. The van der Waals surface area contributed by atoms with Crippen molar-refractivity contribution < 1.29 is 64.8 Å². The van der Waals surface area contributed by atoms with Gasteiger partial charge in [0.05, 0.1) is 17.8 Å². The number of alkyl halides is 6. The molecular formula is C36H50F6O8. The van der Waals surface area contributed by atoms with E-state index in [0.29, 0.717) is 32.1 Å². The number of halogens is 6. The van der Waals surface area contributed by atoms with Crippen LogP contribution < -0.4 is 0 Å². The van der Waals surface area contributed by atoms with Crippen molar-refractivity contribution in [1.29, 1.82) is 0 Å². The number of aliphatic hydroxyl groups is 1. The van der Waals surface area contributed by atoms with Gasteiger partial charge in [0, 0.05) is 17.8 Å². The third-order valence-electron chi connectivity index (χ3n) is 15.0. The molecule has 2 spiro atoms. The quantitative estimate of drug-likeness (QED) is 0.182. The smallest absolute Gasteiger partial charge is 0.457 e. The van der Waals surface area contributed by atoms with Crippen LogP contribution in [-0.4, -0.2) is 71.5 Å². The van der Waals surface area contributed by atoms with E-state index in [1.807, 2.05) is 27.7 Å². The highest BCUT2D eigenvalue weighted by atomic mass is 19.4. The number of esters is 3. The highest BCUT2D eigenvalue weighted by Gasteiger charge is 2.85. The molecule has 0 aromatic rings. The van der Waals surface area contributed by atoms with E-state index in [1.54, 1.807) is 0 Å². The van der Waals surface area contributed by atoms with E-state index >= 15 is 0 Å². The van der Waals surface area contributed by atoms with Crippen molar-refractivity contribution >= 4 is 17.9 Å². The lowest BCUT2D eigenvalue weighted by Gasteiger charge is -2.63. The summed E-state index contributed by atoms with van der Waals surface area (Å²) in [6.45, 7) is 13.8. The molecule has 6 fully saturated rings. The number of fused-ring (bicyclic) bond motifs is 4. The lowest BCUT2D eigenvalue weighted by molar-refractivity contribution is -0.239. The number of carbonyl (C=O) groups is 3. The highest BCUT2D eigenvalue weighted by Crippen LogP contribution is 2.89. The summed E-state index contributed by atoms with van der Waals surface area (Å²) in [5.74, 6) is -5.95. The Morgan fingerprint density at radius 2 is 1.40 bits per heavy atom. The summed E-state index contributed by atoms with van der Waals surface area (Å²) in [5, 5.41) is 11.0. The van der Waals surface area contributed by atoms with Crippen LogP contribution in [0.5, 0.6) is 0 Å². The van der Waals surface area contributed by atoms with E-state index in [9.17, 15) is 45.8 Å². The monoisotopic (exact) mass is 724 g/mol. The zero-order valence-electron chi connectivity index (χ0n) is 29.9. The Labute approximate surface area is 288 Å². The summed E-state index contributed by atoms with van der Waals surface area (Å²) >= 11 is 0. The maximum atomic E-state index is 14.0. The van der Waals surface area contributed by atoms with Crippen LogP contribution >= 0.6 is 0 Å². The topological polar surface area (TPSA) is 108 Å². The van der Waals surface area contributed by atoms with Gasteiger partial charge in [0.25, 0.3) is 0 Å². The van der Waals surface area contributed by atoms with Gasteiger partial charge in [0.1, 0.15) is 12.2 Å². The number of rotatable bonds is 5. The molecule has 0 aromatic carbocycles. The molecular weight excluding hydrogens is 674 g/mol. The first kappa shape index (κ1) is 37.7. The largest absolute Gasteiger partial charge is 0.490 e. The predicted molar refractivity (Wildman–Crippen MR) is 164 cm³/mol. The van der Waals surface area contributed by atoms with Crippen molar-refractivity contribution in [2.24, 2.45) is 50.7 Å². The Morgan fingerprint density at radius 1 is 0.840 bits per heavy atom. The lowest BCUT2D eigenvalue weighted by Crippen LogP contribution is -2.60. The van der Waals surface area contributed by atoms with Gasteiger partial charge >= 0.3 is 30.3 Å². The Balaban J connectivity index is 1.39. The van der Waals surface area contributed by atoms with Crippen LogP contribution in [0.1, 0.15) is 107 Å². The van der Waals surface area contributed by atoms with E-state index in [2.05, 4.69) is 6.92 Å². The van der Waals surface area contributed by atoms with Crippen LogP contribution in [0, 0.1) is 50.7 Å². The molecule has 1 aliphatic heterocycles. The van der Waals surface area contributed by atoms with Crippen LogP contribution in [0.15, 0.2) is 0 Å². The zero-order valence-corrected chi connectivity index (χ0v) is 29.9. The van der Waals surface area contributed by atoms with E-state index < -0.39 is 82.6 Å². The molecule has 6 aliphatic rings. The van der Waals surface area contributed by atoms with Crippen molar-refractivity contribution in [3.05, 3.63) is 0 Å². The third kappa shape index (κ3) is 5.16. The molecule has 284 valence electrons. The molecule has 14 heteroatoms. The number of hydrogen-bond acceptors (Lipinski definition) is 8. The normalized spacial score (nSPS) is 45.4. The number of carbonyl (C=O) groups excluding carboxylic acids is 3. The first-order valence-electron chi connectivity index (χ1n) is 17.8. The fraction of sp³-hybridized carbons (Fsp3) is 0.917. The van der Waals surface area contributed by atoms with Crippen molar-refractivity contribution in [3.8, 4) is 0 Å². The molecule has 0 aromatic heterocycles. The summed E-state index contributed by atoms with van der Waals surface area (Å²) in [4.78, 5) is 36.7. The minimum Gasteiger partial charge on any atom is -0.457 e. The molecule has 0 bridgehead atoms. The molecule has 8 unspecified atom stereocenters. The van der Waals surface area contributed by atoms with E-state index in [4.69, 9.17) is 18.9 Å². The van der Waals surface area contributed by atoms with Gasteiger partial charge < -0.3 is 24.1 Å². The molecule has 8 nitrogen and oxygen atoms in total. The number of ether oxygens (including phenoxy) is 4. The Morgan fingerprint density at radius 3 is 1.96 bits per heavy atom. The summed E-state index contributed by atoms with van der Waals surface area (Å²) in [5.41, 5.74) is -4.63. The fourth-order valence-corrected chi connectivity index (χ4v) is 13.1. The second kappa shape index (κ2) is 11.2. The van der Waals surface area contributed by atoms with Crippen LogP contribution in [0.4, 0.5) is 26.3 Å². The van der Waals surface area contributed by atoms with Gasteiger partial charge in [-0.05, 0) is 105 Å². The molecule has 1 N–H and O–H groups in total. The molecule has 5 saturated carbocycles. The van der Waals surface area contributed by atoms with Crippen LogP contribution in [0.2, 0.25) is 0 Å². The minimum absolute atomic E-state index is 0.0883. The van der Waals surface area contributed by atoms with Gasteiger partial charge in [-0.15, -0.1) is 0 Å². The second-order valence-electron chi connectivity index (χ2n) is 18.0. The second-order valence-corrected chi connectivity index (χ2v) is 18.0. The molecule has 5 aliphatic carbocycles. The lowest BCUT2D eigenvalue weighted by atomic mass is 9.41. The highest BCUT2D eigenvalue weighted by molar-refractivity contribution is 5.76. The molecule has 1 saturated heterocycles. The van der Waals surface area contributed by atoms with E-state index in [-0.39, 0.29) is 40.9 Å². The first-order valence-corrected chi connectivity index (χ1v) is 17.8. The molecule has 50 heavy (non-hydrogen) atoms. The Bertz CT molecular complexity index is 1420. The van der Waals surface area contributed by atoms with Crippen molar-refractivity contribution in [3.63, 3.8) is 0 Å². The van der Waals surface area contributed by atoms with Crippen LogP contribution in [-0.2, 0) is 33.3 Å². The van der Waals surface area contributed by atoms with Gasteiger partial charge in [-0.2, -0.15) is 26.3 Å². The van der Waals surface area contributed by atoms with Gasteiger partial charge in [0.15, 0.2) is 6.10 Å². The average Bonchev–Trinajstić information content (AvgIpc) is 3.58. The molecule has 6 rings (SSSR count). The Kier molecular flexibility index (Phi) is 8.44. The predicted octanol–water partition coefficient (Wildman–Crippen LogP) is 7.09. The van der Waals surface area contributed by atoms with E-state index in [1.165, 1.54) is 20.8 Å². The van der Waals surface area contributed by atoms with Crippen molar-refractivity contribution in [2.45, 2.75) is 155 Å². The molecule has 13 atom stereocenters. The van der Waals surface area contributed by atoms with Gasteiger partial charge in [-0.3, -0.25) is 4.79 Å². The van der Waals surface area contributed by atoms with Gasteiger partial charge in [-0.1, -0.05) is 34.6 Å². The minimum atomic E-state index is -5.26. The molecule has 1 heterocycles. The van der Waals surface area contributed by atoms with E-state index in [0.717, 1.165) is 12.8 Å². The summed E-state index contributed by atoms with van der Waals surface area (Å²) in [6, 6.07) is 0. The third-order valence-corrected chi connectivity index (χ3v) is 15.0. The maximum absolute atomic E-state index is 14.0. The summed E-state index contributed by atoms with van der Waals surface area (Å²) in [7, 11) is 0. The standard InChI is InChI=1S/C36H50F6O8/c1-17-15-19(25(30(5,6)46)47-18(2)43)48-24-23(17)31(7)13-14-34-16-33(34)12-11-22(49-27(44)35(37,38)39)29(3,4)20(33)9-10-21(34)32(31,8)26(24)50-28(45)36(40,41)42/h17,19-26,46H,9-16H2,1-8H3/t17-,19?,20+,21?,22?,23+,24?,25?,26+,31?,32-,33?,34?/m1/s1. The van der Waals surface area contributed by atoms with Crippen LogP contribution in [0.25, 0.3) is 0 Å². The Hall–Kier alpha value is -2.09. The first-order chi connectivity index (χ1) is 22.7. The molecule has 0 amide bonds.